The van der Waals surface area contributed by atoms with Crippen molar-refractivity contribution in [2.45, 2.75) is 43.9 Å². The number of likely N-dealkylation sites (N-methyl/N-ethyl adjacent to an activating group) is 2. The number of carbonyl (C=O) groups excluding carboxylic acids is 1. The second kappa shape index (κ2) is 8.30. The molecular formula is C20H30N2O3. The maximum absolute atomic E-state index is 12.8. The van der Waals surface area contributed by atoms with E-state index < -0.39 is 0 Å². The second-order valence-corrected chi connectivity index (χ2v) is 7.47. The molecule has 25 heavy (non-hydrogen) atoms. The number of hydrogen-bond donors (Lipinski definition) is 1. The fourth-order valence-electron chi connectivity index (χ4n) is 4.13. The van der Waals surface area contributed by atoms with Gasteiger partial charge in [-0.05, 0) is 38.3 Å². The van der Waals surface area contributed by atoms with Crippen LogP contribution in [-0.2, 0) is 9.53 Å². The molecule has 0 spiro atoms. The van der Waals surface area contributed by atoms with Crippen molar-refractivity contribution in [2.75, 3.05) is 33.8 Å². The van der Waals surface area contributed by atoms with Crippen LogP contribution in [0.3, 0.4) is 0 Å². The van der Waals surface area contributed by atoms with E-state index >= 15 is 0 Å². The molecule has 1 aromatic carbocycles. The fourth-order valence-corrected chi connectivity index (χ4v) is 4.13. The summed E-state index contributed by atoms with van der Waals surface area (Å²) in [4.78, 5) is 16.9. The molecule has 1 N–H and O–H groups in total. The number of ether oxygens (including phenoxy) is 1. The molecule has 1 saturated heterocycles. The highest BCUT2D eigenvalue weighted by Crippen LogP contribution is 2.30. The maximum Gasteiger partial charge on any atom is 0.225 e. The van der Waals surface area contributed by atoms with E-state index in [4.69, 9.17) is 4.74 Å². The van der Waals surface area contributed by atoms with Gasteiger partial charge < -0.3 is 14.7 Å². The first kappa shape index (κ1) is 18.4. The van der Waals surface area contributed by atoms with Crippen LogP contribution < -0.4 is 0 Å². The normalized spacial score (nSPS) is 30.8. The first-order valence-electron chi connectivity index (χ1n) is 9.36. The third kappa shape index (κ3) is 4.40. The minimum absolute atomic E-state index is 0.0238. The summed E-state index contributed by atoms with van der Waals surface area (Å²) in [5.74, 6) is 0.237. The van der Waals surface area contributed by atoms with E-state index in [1.54, 1.807) is 0 Å². The van der Waals surface area contributed by atoms with E-state index in [0.717, 1.165) is 32.2 Å². The number of carbonyl (C=O) groups is 1. The van der Waals surface area contributed by atoms with Gasteiger partial charge in [0.25, 0.3) is 0 Å². The number of rotatable bonds is 4. The smallest absolute Gasteiger partial charge is 0.225 e. The Kier molecular flexibility index (Phi) is 6.10. The Balaban J connectivity index is 1.66. The molecule has 1 aliphatic carbocycles. The Hall–Kier alpha value is -1.43. The van der Waals surface area contributed by atoms with E-state index in [1.165, 1.54) is 5.56 Å². The lowest BCUT2D eigenvalue weighted by atomic mass is 9.86. The van der Waals surface area contributed by atoms with Crippen LogP contribution in [0.5, 0.6) is 0 Å². The van der Waals surface area contributed by atoms with Crippen LogP contribution in [-0.4, -0.2) is 66.8 Å². The molecule has 2 fully saturated rings. The number of nitrogens with zero attached hydrogens (tertiary/aromatic N) is 2. The number of morpholine rings is 1. The van der Waals surface area contributed by atoms with Crippen LogP contribution in [0.4, 0.5) is 0 Å². The molecule has 1 saturated carbocycles. The molecule has 1 heterocycles. The molecule has 3 rings (SSSR count). The number of hydrogen-bond acceptors (Lipinski definition) is 4. The third-order valence-electron chi connectivity index (χ3n) is 5.62. The molecule has 1 aliphatic heterocycles. The van der Waals surface area contributed by atoms with Gasteiger partial charge in [0, 0.05) is 26.1 Å². The highest BCUT2D eigenvalue weighted by atomic mass is 16.5. The summed E-state index contributed by atoms with van der Waals surface area (Å²) in [6.45, 7) is 2.19. The summed E-state index contributed by atoms with van der Waals surface area (Å²) >= 11 is 0. The first-order chi connectivity index (χ1) is 12.1. The summed E-state index contributed by atoms with van der Waals surface area (Å²) in [7, 11) is 4.00. The predicted octanol–water partition coefficient (Wildman–Crippen LogP) is 2.07. The molecule has 1 amide bonds. The second-order valence-electron chi connectivity index (χ2n) is 7.47. The van der Waals surface area contributed by atoms with Crippen molar-refractivity contribution in [3.8, 4) is 0 Å². The average Bonchev–Trinajstić information content (AvgIpc) is 2.62. The van der Waals surface area contributed by atoms with Crippen molar-refractivity contribution in [1.29, 1.82) is 0 Å². The summed E-state index contributed by atoms with van der Waals surface area (Å²) in [5, 5.41) is 9.65. The molecule has 138 valence electrons. The zero-order valence-electron chi connectivity index (χ0n) is 15.3. The van der Waals surface area contributed by atoms with Crippen LogP contribution >= 0.6 is 0 Å². The standard InChI is InChI=1S/C20H30N2O3/c1-21-12-13-25-18(19(21)15-6-4-3-5-7-15)14-22(2)20(24)16-8-10-17(23)11-9-16/h3-7,16-19,23H,8-14H2,1-2H3/t16?,17?,18-,19-/m0/s1. The summed E-state index contributed by atoms with van der Waals surface area (Å²) in [6, 6.07) is 10.6. The lowest BCUT2D eigenvalue weighted by Gasteiger charge is -2.41. The van der Waals surface area contributed by atoms with Crippen molar-refractivity contribution >= 4 is 5.91 Å². The van der Waals surface area contributed by atoms with E-state index in [1.807, 2.05) is 18.0 Å². The molecule has 2 atom stereocenters. The minimum atomic E-state index is -0.229. The van der Waals surface area contributed by atoms with Crippen LogP contribution in [0.25, 0.3) is 0 Å². The van der Waals surface area contributed by atoms with Gasteiger partial charge in [-0.2, -0.15) is 0 Å². The van der Waals surface area contributed by atoms with Gasteiger partial charge in [-0.3, -0.25) is 9.69 Å². The van der Waals surface area contributed by atoms with Gasteiger partial charge in [0.15, 0.2) is 0 Å². The maximum atomic E-state index is 12.8. The summed E-state index contributed by atoms with van der Waals surface area (Å²) in [6.07, 6.45) is 2.80. The zero-order chi connectivity index (χ0) is 17.8. The highest BCUT2D eigenvalue weighted by Gasteiger charge is 2.34. The van der Waals surface area contributed by atoms with Crippen molar-refractivity contribution in [1.82, 2.24) is 9.80 Å². The van der Waals surface area contributed by atoms with Crippen LogP contribution in [0.15, 0.2) is 30.3 Å². The lowest BCUT2D eigenvalue weighted by Crippen LogP contribution is -2.49. The van der Waals surface area contributed by atoms with Crippen molar-refractivity contribution in [2.24, 2.45) is 5.92 Å². The van der Waals surface area contributed by atoms with Gasteiger partial charge in [-0.25, -0.2) is 0 Å². The molecular weight excluding hydrogens is 316 g/mol. The van der Waals surface area contributed by atoms with Gasteiger partial charge in [-0.1, -0.05) is 30.3 Å². The Morgan fingerprint density at radius 2 is 1.92 bits per heavy atom. The molecule has 5 heteroatoms. The van der Waals surface area contributed by atoms with Crippen LogP contribution in [0, 0.1) is 5.92 Å². The average molecular weight is 346 g/mol. The Morgan fingerprint density at radius 3 is 2.60 bits per heavy atom. The topological polar surface area (TPSA) is 53.0 Å². The first-order valence-corrected chi connectivity index (χ1v) is 9.36. The Bertz CT molecular complexity index is 557. The largest absolute Gasteiger partial charge is 0.393 e. The van der Waals surface area contributed by atoms with Gasteiger partial charge >= 0.3 is 0 Å². The SMILES string of the molecule is CN(C[C@@H]1OCCN(C)[C@H]1c1ccccc1)C(=O)C1CCC(O)CC1. The Labute approximate surface area is 150 Å². The molecule has 0 unspecified atom stereocenters. The number of aliphatic hydroxyl groups excluding tert-OH is 1. The lowest BCUT2D eigenvalue weighted by molar-refractivity contribution is -0.140. The van der Waals surface area contributed by atoms with Gasteiger partial charge in [0.05, 0.1) is 24.9 Å². The highest BCUT2D eigenvalue weighted by molar-refractivity contribution is 5.78. The quantitative estimate of drug-likeness (QED) is 0.907. The number of benzene rings is 1. The van der Waals surface area contributed by atoms with Crippen molar-refractivity contribution < 1.29 is 14.6 Å². The number of aliphatic hydroxyl groups is 1. The van der Waals surface area contributed by atoms with Gasteiger partial charge in [-0.15, -0.1) is 0 Å². The van der Waals surface area contributed by atoms with Crippen molar-refractivity contribution in [3.63, 3.8) is 0 Å². The minimum Gasteiger partial charge on any atom is -0.393 e. The summed E-state index contributed by atoms with van der Waals surface area (Å²) < 4.78 is 6.07. The number of amides is 1. The summed E-state index contributed by atoms with van der Waals surface area (Å²) in [5.41, 5.74) is 1.23. The molecule has 5 nitrogen and oxygen atoms in total. The fraction of sp³-hybridized carbons (Fsp3) is 0.650. The van der Waals surface area contributed by atoms with E-state index in [0.29, 0.717) is 13.2 Å². The Morgan fingerprint density at radius 1 is 1.24 bits per heavy atom. The monoisotopic (exact) mass is 346 g/mol. The van der Waals surface area contributed by atoms with E-state index in [-0.39, 0.29) is 30.1 Å². The van der Waals surface area contributed by atoms with E-state index in [2.05, 4.69) is 36.2 Å². The van der Waals surface area contributed by atoms with Gasteiger partial charge in [0.1, 0.15) is 0 Å². The van der Waals surface area contributed by atoms with Crippen molar-refractivity contribution in [3.05, 3.63) is 35.9 Å². The van der Waals surface area contributed by atoms with E-state index in [9.17, 15) is 9.90 Å². The van der Waals surface area contributed by atoms with Gasteiger partial charge in [0.2, 0.25) is 5.91 Å². The molecule has 0 aromatic heterocycles. The van der Waals surface area contributed by atoms with Crippen LogP contribution in [0.2, 0.25) is 0 Å². The van der Waals surface area contributed by atoms with Crippen LogP contribution in [0.1, 0.15) is 37.3 Å². The zero-order valence-corrected chi connectivity index (χ0v) is 15.3. The molecule has 1 aromatic rings. The predicted molar refractivity (Wildman–Crippen MR) is 97.2 cm³/mol. The molecule has 0 bridgehead atoms. The molecule has 0 radical (unpaired) electrons. The molecule has 2 aliphatic rings. The third-order valence-corrected chi connectivity index (χ3v) is 5.62.